The lowest BCUT2D eigenvalue weighted by molar-refractivity contribution is 0.614. The summed E-state index contributed by atoms with van der Waals surface area (Å²) in [5, 5.41) is 0. The van der Waals surface area contributed by atoms with Crippen LogP contribution in [0.5, 0.6) is 0 Å². The molecule has 3 heterocycles. The molecule has 1 unspecified atom stereocenters. The van der Waals surface area contributed by atoms with Gasteiger partial charge in [0.15, 0.2) is 5.65 Å². The summed E-state index contributed by atoms with van der Waals surface area (Å²) in [4.78, 5) is 12.5. The summed E-state index contributed by atoms with van der Waals surface area (Å²) in [5.74, 6) is 2.32. The van der Waals surface area contributed by atoms with Gasteiger partial charge in [-0.15, -0.1) is 11.8 Å². The number of H-pyrrole nitrogens is 1. The van der Waals surface area contributed by atoms with Crippen LogP contribution in [0, 0.1) is 6.92 Å². The third kappa shape index (κ3) is 1.52. The molecule has 4 heteroatoms. The lowest BCUT2D eigenvalue weighted by Crippen LogP contribution is -2.14. The Morgan fingerprint density at radius 1 is 1.38 bits per heavy atom. The summed E-state index contributed by atoms with van der Waals surface area (Å²) >= 11 is 2.00. The maximum Gasteiger partial charge on any atom is 0.177 e. The van der Waals surface area contributed by atoms with Crippen molar-refractivity contribution in [2.45, 2.75) is 31.4 Å². The average molecular weight is 233 g/mol. The minimum atomic E-state index is 0.161. The lowest BCUT2D eigenvalue weighted by Gasteiger charge is -2.18. The molecular formula is C12H15N3S. The van der Waals surface area contributed by atoms with Crippen LogP contribution in [-0.2, 0) is 4.75 Å². The smallest absolute Gasteiger partial charge is 0.177 e. The van der Waals surface area contributed by atoms with Gasteiger partial charge in [-0.2, -0.15) is 0 Å². The van der Waals surface area contributed by atoms with Crippen LogP contribution in [0.25, 0.3) is 11.2 Å². The van der Waals surface area contributed by atoms with E-state index in [1.165, 1.54) is 18.6 Å². The molecule has 0 saturated carbocycles. The molecule has 1 aliphatic rings. The number of aryl methyl sites for hydroxylation is 1. The molecule has 3 rings (SSSR count). The van der Waals surface area contributed by atoms with Crippen molar-refractivity contribution < 1.29 is 0 Å². The molecule has 1 fully saturated rings. The van der Waals surface area contributed by atoms with Crippen LogP contribution >= 0.6 is 11.8 Å². The molecule has 3 nitrogen and oxygen atoms in total. The molecule has 84 valence electrons. The molecule has 0 aliphatic carbocycles. The molecule has 1 atom stereocenters. The first-order valence-electron chi connectivity index (χ1n) is 5.65. The molecule has 2 aromatic rings. The minimum Gasteiger partial charge on any atom is -0.339 e. The second kappa shape index (κ2) is 3.48. The summed E-state index contributed by atoms with van der Waals surface area (Å²) in [7, 11) is 0. The van der Waals surface area contributed by atoms with E-state index in [1.807, 2.05) is 24.8 Å². The number of nitrogens with zero attached hydrogens (tertiary/aromatic N) is 2. The highest BCUT2D eigenvalue weighted by Crippen LogP contribution is 2.45. The van der Waals surface area contributed by atoms with Gasteiger partial charge in [0, 0.05) is 5.69 Å². The van der Waals surface area contributed by atoms with Gasteiger partial charge in [0.1, 0.15) is 5.82 Å². The predicted molar refractivity (Wildman–Crippen MR) is 67.7 cm³/mol. The Morgan fingerprint density at radius 3 is 3.00 bits per heavy atom. The summed E-state index contributed by atoms with van der Waals surface area (Å²) < 4.78 is 0.161. The topological polar surface area (TPSA) is 41.6 Å². The van der Waals surface area contributed by atoms with Crippen LogP contribution in [0.2, 0.25) is 0 Å². The van der Waals surface area contributed by atoms with E-state index < -0.39 is 0 Å². The molecule has 0 spiro atoms. The first-order chi connectivity index (χ1) is 7.67. The third-order valence-corrected chi connectivity index (χ3v) is 4.73. The first-order valence-corrected chi connectivity index (χ1v) is 6.64. The van der Waals surface area contributed by atoms with Crippen LogP contribution in [0.4, 0.5) is 0 Å². The van der Waals surface area contributed by atoms with Crippen LogP contribution in [0.3, 0.4) is 0 Å². The number of rotatable bonds is 1. The van der Waals surface area contributed by atoms with E-state index in [0.29, 0.717) is 0 Å². The van der Waals surface area contributed by atoms with E-state index >= 15 is 0 Å². The Hall–Kier alpha value is -1.03. The number of nitrogens with one attached hydrogen (secondary N) is 1. The van der Waals surface area contributed by atoms with Gasteiger partial charge in [-0.25, -0.2) is 9.97 Å². The summed E-state index contributed by atoms with van der Waals surface area (Å²) in [6.07, 6.45) is 2.49. The predicted octanol–water partition coefficient (Wildman–Crippen LogP) is 3.01. The highest BCUT2D eigenvalue weighted by Gasteiger charge is 2.34. The van der Waals surface area contributed by atoms with Gasteiger partial charge in [-0.3, -0.25) is 0 Å². The molecule has 1 N–H and O–H groups in total. The molecule has 0 amide bonds. The van der Waals surface area contributed by atoms with Gasteiger partial charge in [0.2, 0.25) is 0 Å². The molecule has 2 aromatic heterocycles. The Balaban J connectivity index is 2.11. The Morgan fingerprint density at radius 2 is 2.25 bits per heavy atom. The van der Waals surface area contributed by atoms with Gasteiger partial charge >= 0.3 is 0 Å². The van der Waals surface area contributed by atoms with Crippen LogP contribution in [-0.4, -0.2) is 20.7 Å². The second-order valence-corrected chi connectivity index (χ2v) is 6.19. The van der Waals surface area contributed by atoms with E-state index in [0.717, 1.165) is 22.7 Å². The number of aromatic nitrogens is 3. The van der Waals surface area contributed by atoms with Crippen molar-refractivity contribution in [1.29, 1.82) is 0 Å². The summed E-state index contributed by atoms with van der Waals surface area (Å²) in [6, 6.07) is 4.09. The zero-order valence-electron chi connectivity index (χ0n) is 9.58. The average Bonchev–Trinajstić information content (AvgIpc) is 2.84. The van der Waals surface area contributed by atoms with Crippen LogP contribution in [0.1, 0.15) is 31.3 Å². The molecule has 0 aromatic carbocycles. The highest BCUT2D eigenvalue weighted by atomic mass is 32.2. The Bertz CT molecular complexity index is 526. The fraction of sp³-hybridized carbons (Fsp3) is 0.500. The van der Waals surface area contributed by atoms with Crippen LogP contribution in [0.15, 0.2) is 12.1 Å². The van der Waals surface area contributed by atoms with Crippen molar-refractivity contribution in [2.75, 3.05) is 5.75 Å². The van der Waals surface area contributed by atoms with Gasteiger partial charge in [-0.05, 0) is 44.6 Å². The first kappa shape index (κ1) is 10.1. The number of pyridine rings is 1. The Kier molecular flexibility index (Phi) is 2.21. The van der Waals surface area contributed by atoms with E-state index in [2.05, 4.69) is 27.9 Å². The number of aromatic amines is 1. The summed E-state index contributed by atoms with van der Waals surface area (Å²) in [6.45, 7) is 4.27. The SMILES string of the molecule is Cc1ccc2[nH]c(C3(C)CCCS3)nc2n1. The number of fused-ring (bicyclic) bond motifs is 1. The third-order valence-electron chi connectivity index (χ3n) is 3.20. The standard InChI is InChI=1S/C12H15N3S/c1-8-4-5-9-10(13-8)15-11(14-9)12(2)6-3-7-16-12/h4-5H,3,6-7H2,1-2H3,(H,13,14,15). The van der Waals surface area contributed by atoms with Crippen molar-refractivity contribution in [3.63, 3.8) is 0 Å². The molecule has 1 saturated heterocycles. The van der Waals surface area contributed by atoms with Gasteiger partial charge in [0.25, 0.3) is 0 Å². The number of hydrogen-bond donors (Lipinski definition) is 1. The molecular weight excluding hydrogens is 218 g/mol. The highest BCUT2D eigenvalue weighted by molar-refractivity contribution is 8.00. The van der Waals surface area contributed by atoms with Gasteiger partial charge in [-0.1, -0.05) is 0 Å². The van der Waals surface area contributed by atoms with E-state index in [9.17, 15) is 0 Å². The monoisotopic (exact) mass is 233 g/mol. The number of imidazole rings is 1. The minimum absolute atomic E-state index is 0.161. The second-order valence-electron chi connectivity index (χ2n) is 4.59. The fourth-order valence-electron chi connectivity index (χ4n) is 2.20. The largest absolute Gasteiger partial charge is 0.339 e. The molecule has 16 heavy (non-hydrogen) atoms. The summed E-state index contributed by atoms with van der Waals surface area (Å²) in [5.41, 5.74) is 2.92. The van der Waals surface area contributed by atoms with Crippen molar-refractivity contribution in [3.05, 3.63) is 23.7 Å². The van der Waals surface area contributed by atoms with Gasteiger partial charge < -0.3 is 4.98 Å². The molecule has 1 aliphatic heterocycles. The van der Waals surface area contributed by atoms with E-state index in [1.54, 1.807) is 0 Å². The van der Waals surface area contributed by atoms with E-state index in [4.69, 9.17) is 0 Å². The molecule has 0 radical (unpaired) electrons. The van der Waals surface area contributed by atoms with Crippen molar-refractivity contribution in [2.24, 2.45) is 0 Å². The maximum atomic E-state index is 4.64. The van der Waals surface area contributed by atoms with E-state index in [-0.39, 0.29) is 4.75 Å². The number of hydrogen-bond acceptors (Lipinski definition) is 3. The van der Waals surface area contributed by atoms with Crippen molar-refractivity contribution >= 4 is 22.9 Å². The Labute approximate surface area is 99.1 Å². The van der Waals surface area contributed by atoms with Gasteiger partial charge in [0.05, 0.1) is 10.3 Å². The van der Waals surface area contributed by atoms with Crippen molar-refractivity contribution in [1.82, 2.24) is 15.0 Å². The van der Waals surface area contributed by atoms with Crippen LogP contribution < -0.4 is 0 Å². The van der Waals surface area contributed by atoms with Crippen molar-refractivity contribution in [3.8, 4) is 0 Å². The zero-order chi connectivity index (χ0) is 11.2. The molecule has 0 bridgehead atoms. The zero-order valence-corrected chi connectivity index (χ0v) is 10.4. The maximum absolute atomic E-state index is 4.64. The normalized spacial score (nSPS) is 25.4. The fourth-order valence-corrected chi connectivity index (χ4v) is 3.46. The lowest BCUT2D eigenvalue weighted by atomic mass is 10.1. The number of thioether (sulfide) groups is 1. The quantitative estimate of drug-likeness (QED) is 0.823.